The monoisotopic (exact) mass is 401 g/mol. The third kappa shape index (κ3) is 5.41. The fourth-order valence-electron chi connectivity index (χ4n) is 4.10. The molecule has 29 heavy (non-hydrogen) atoms. The Morgan fingerprint density at radius 3 is 2.45 bits per heavy atom. The van der Waals surface area contributed by atoms with Gasteiger partial charge in [-0.1, -0.05) is 18.2 Å². The molecule has 1 aromatic rings. The number of para-hydroxylation sites is 1. The van der Waals surface area contributed by atoms with E-state index in [1.807, 2.05) is 23.1 Å². The Balaban J connectivity index is 1.58. The molecule has 0 radical (unpaired) electrons. The number of aliphatic imine (C=N–C) groups is 1. The zero-order chi connectivity index (χ0) is 20.6. The molecular weight excluding hydrogens is 366 g/mol. The van der Waals surface area contributed by atoms with Crippen molar-refractivity contribution in [3.63, 3.8) is 0 Å². The molecule has 0 spiro atoms. The van der Waals surface area contributed by atoms with Crippen LogP contribution in [-0.4, -0.2) is 85.5 Å². The first kappa shape index (κ1) is 21.4. The molecule has 1 amide bonds. The molecule has 0 saturated carbocycles. The summed E-state index contributed by atoms with van der Waals surface area (Å²) in [6.45, 7) is 10.9. The van der Waals surface area contributed by atoms with Crippen LogP contribution >= 0.6 is 0 Å². The average Bonchev–Trinajstić information content (AvgIpc) is 3.31. The lowest BCUT2D eigenvalue weighted by atomic mass is 10.2. The SMILES string of the molecule is CCNC(=NCc1ccccc1OC)N1CCN(C(C)C(=O)N2CCCC2)CC1. The Labute approximate surface area is 174 Å². The lowest BCUT2D eigenvalue weighted by Crippen LogP contribution is -2.57. The van der Waals surface area contributed by atoms with Crippen LogP contribution in [0.25, 0.3) is 0 Å². The first-order valence-electron chi connectivity index (χ1n) is 10.8. The van der Waals surface area contributed by atoms with Crippen LogP contribution in [0.1, 0.15) is 32.3 Å². The summed E-state index contributed by atoms with van der Waals surface area (Å²) in [6.07, 6.45) is 2.28. The minimum atomic E-state index is -0.0386. The van der Waals surface area contributed by atoms with Crippen molar-refractivity contribution >= 4 is 11.9 Å². The van der Waals surface area contributed by atoms with Gasteiger partial charge in [0.25, 0.3) is 0 Å². The summed E-state index contributed by atoms with van der Waals surface area (Å²) in [6, 6.07) is 7.97. The van der Waals surface area contributed by atoms with E-state index in [0.29, 0.717) is 6.54 Å². The first-order chi connectivity index (χ1) is 14.1. The van der Waals surface area contributed by atoms with Gasteiger partial charge in [-0.3, -0.25) is 9.69 Å². The van der Waals surface area contributed by atoms with Crippen LogP contribution in [0.15, 0.2) is 29.3 Å². The Kier molecular flexibility index (Phi) is 7.75. The van der Waals surface area contributed by atoms with E-state index in [2.05, 4.69) is 35.0 Å². The minimum absolute atomic E-state index is 0.0386. The molecule has 1 atom stereocenters. The second kappa shape index (κ2) is 10.5. The highest BCUT2D eigenvalue weighted by atomic mass is 16.5. The normalized spacial score (nSPS) is 19.3. The van der Waals surface area contributed by atoms with E-state index in [4.69, 9.17) is 9.73 Å². The molecule has 1 aromatic carbocycles. The molecule has 1 N–H and O–H groups in total. The highest BCUT2D eigenvalue weighted by Gasteiger charge is 2.30. The van der Waals surface area contributed by atoms with Gasteiger partial charge in [0.05, 0.1) is 19.7 Å². The van der Waals surface area contributed by atoms with Crippen molar-refractivity contribution in [1.29, 1.82) is 0 Å². The van der Waals surface area contributed by atoms with Crippen molar-refractivity contribution < 1.29 is 9.53 Å². The van der Waals surface area contributed by atoms with Gasteiger partial charge in [-0.05, 0) is 32.8 Å². The van der Waals surface area contributed by atoms with Crippen LogP contribution in [0.5, 0.6) is 5.75 Å². The molecule has 0 aliphatic carbocycles. The fraction of sp³-hybridized carbons (Fsp3) is 0.636. The summed E-state index contributed by atoms with van der Waals surface area (Å²) in [4.78, 5) is 24.2. The van der Waals surface area contributed by atoms with Gasteiger partial charge in [-0.25, -0.2) is 4.99 Å². The lowest BCUT2D eigenvalue weighted by molar-refractivity contribution is -0.135. The molecular formula is C22H35N5O2. The minimum Gasteiger partial charge on any atom is -0.496 e. The number of nitrogens with zero attached hydrogens (tertiary/aromatic N) is 4. The van der Waals surface area contributed by atoms with Crippen LogP contribution in [-0.2, 0) is 11.3 Å². The van der Waals surface area contributed by atoms with E-state index in [-0.39, 0.29) is 11.9 Å². The van der Waals surface area contributed by atoms with Gasteiger partial charge in [-0.15, -0.1) is 0 Å². The van der Waals surface area contributed by atoms with E-state index in [9.17, 15) is 4.79 Å². The van der Waals surface area contributed by atoms with E-state index in [0.717, 1.165) is 75.9 Å². The molecule has 2 heterocycles. The molecule has 7 nitrogen and oxygen atoms in total. The summed E-state index contributed by atoms with van der Waals surface area (Å²) in [5.74, 6) is 2.08. The molecule has 2 saturated heterocycles. The number of ether oxygens (including phenoxy) is 1. The number of likely N-dealkylation sites (tertiary alicyclic amines) is 1. The van der Waals surface area contributed by atoms with Crippen LogP contribution in [0, 0.1) is 0 Å². The predicted molar refractivity (Wildman–Crippen MR) is 116 cm³/mol. The van der Waals surface area contributed by atoms with Crippen molar-refractivity contribution in [3.05, 3.63) is 29.8 Å². The number of rotatable bonds is 6. The maximum atomic E-state index is 12.7. The molecule has 2 fully saturated rings. The second-order valence-electron chi connectivity index (χ2n) is 7.71. The quantitative estimate of drug-likeness (QED) is 0.582. The largest absolute Gasteiger partial charge is 0.496 e. The highest BCUT2D eigenvalue weighted by Crippen LogP contribution is 2.18. The Hall–Kier alpha value is -2.28. The number of hydrogen-bond acceptors (Lipinski definition) is 4. The smallest absolute Gasteiger partial charge is 0.239 e. The summed E-state index contributed by atoms with van der Waals surface area (Å²) in [5.41, 5.74) is 1.08. The Morgan fingerprint density at radius 2 is 1.79 bits per heavy atom. The molecule has 0 bridgehead atoms. The predicted octanol–water partition coefficient (Wildman–Crippen LogP) is 1.79. The number of amides is 1. The van der Waals surface area contributed by atoms with E-state index in [1.54, 1.807) is 7.11 Å². The van der Waals surface area contributed by atoms with Gasteiger partial charge in [0.15, 0.2) is 5.96 Å². The molecule has 2 aliphatic heterocycles. The molecule has 3 rings (SSSR count). The fourth-order valence-corrected chi connectivity index (χ4v) is 4.10. The lowest BCUT2D eigenvalue weighted by Gasteiger charge is -2.39. The molecule has 2 aliphatic rings. The highest BCUT2D eigenvalue weighted by molar-refractivity contribution is 5.82. The van der Waals surface area contributed by atoms with Crippen LogP contribution in [0.4, 0.5) is 0 Å². The van der Waals surface area contributed by atoms with Crippen molar-refractivity contribution in [2.75, 3.05) is 52.9 Å². The van der Waals surface area contributed by atoms with E-state index >= 15 is 0 Å². The summed E-state index contributed by atoms with van der Waals surface area (Å²) in [7, 11) is 1.69. The standard InChI is InChI=1S/C22H35N5O2/c1-4-23-22(24-17-19-9-5-6-10-20(19)29-3)27-15-13-25(14-16-27)18(2)21(28)26-11-7-8-12-26/h5-6,9-10,18H,4,7-8,11-17H2,1-3H3,(H,23,24). The van der Waals surface area contributed by atoms with Gasteiger partial charge in [0, 0.05) is 51.4 Å². The average molecular weight is 402 g/mol. The van der Waals surface area contributed by atoms with Gasteiger partial charge >= 0.3 is 0 Å². The van der Waals surface area contributed by atoms with Crippen molar-refractivity contribution in [2.24, 2.45) is 4.99 Å². The second-order valence-corrected chi connectivity index (χ2v) is 7.71. The van der Waals surface area contributed by atoms with Crippen LogP contribution < -0.4 is 10.1 Å². The third-order valence-electron chi connectivity index (χ3n) is 5.86. The Morgan fingerprint density at radius 1 is 1.10 bits per heavy atom. The summed E-state index contributed by atoms with van der Waals surface area (Å²) < 4.78 is 5.44. The van der Waals surface area contributed by atoms with Gasteiger partial charge in [0.1, 0.15) is 5.75 Å². The zero-order valence-corrected chi connectivity index (χ0v) is 18.1. The molecule has 1 unspecified atom stereocenters. The van der Waals surface area contributed by atoms with Gasteiger partial charge in [-0.2, -0.15) is 0 Å². The number of piperazine rings is 1. The first-order valence-corrected chi connectivity index (χ1v) is 10.8. The third-order valence-corrected chi connectivity index (χ3v) is 5.86. The maximum absolute atomic E-state index is 12.7. The van der Waals surface area contributed by atoms with Crippen LogP contribution in [0.2, 0.25) is 0 Å². The van der Waals surface area contributed by atoms with Crippen molar-refractivity contribution in [1.82, 2.24) is 20.0 Å². The van der Waals surface area contributed by atoms with Gasteiger partial charge in [0.2, 0.25) is 5.91 Å². The number of hydrogen-bond donors (Lipinski definition) is 1. The number of carbonyl (C=O) groups excluding carboxylic acids is 1. The number of nitrogens with one attached hydrogen (secondary N) is 1. The maximum Gasteiger partial charge on any atom is 0.239 e. The summed E-state index contributed by atoms with van der Waals surface area (Å²) >= 11 is 0. The van der Waals surface area contributed by atoms with Crippen LogP contribution in [0.3, 0.4) is 0 Å². The van der Waals surface area contributed by atoms with Crippen molar-refractivity contribution in [2.45, 2.75) is 39.3 Å². The van der Waals surface area contributed by atoms with E-state index < -0.39 is 0 Å². The molecule has 7 heteroatoms. The molecule has 0 aromatic heterocycles. The number of guanidine groups is 1. The zero-order valence-electron chi connectivity index (χ0n) is 18.1. The number of carbonyl (C=O) groups is 1. The van der Waals surface area contributed by atoms with Crippen molar-refractivity contribution in [3.8, 4) is 5.75 Å². The number of methoxy groups -OCH3 is 1. The summed E-state index contributed by atoms with van der Waals surface area (Å²) in [5, 5.41) is 3.41. The van der Waals surface area contributed by atoms with Gasteiger partial charge < -0.3 is 19.9 Å². The Bertz CT molecular complexity index is 694. The number of benzene rings is 1. The van der Waals surface area contributed by atoms with E-state index in [1.165, 1.54) is 0 Å². The topological polar surface area (TPSA) is 60.4 Å². The molecule has 160 valence electrons.